The van der Waals surface area contributed by atoms with Crippen LogP contribution in [0.5, 0.6) is 0 Å². The van der Waals surface area contributed by atoms with Crippen LogP contribution in [0.25, 0.3) is 10.2 Å². The Labute approximate surface area is 111 Å². The predicted octanol–water partition coefficient (Wildman–Crippen LogP) is 4.33. The van der Waals surface area contributed by atoms with Crippen molar-refractivity contribution in [2.24, 2.45) is 5.92 Å². The normalized spacial score (nSPS) is 11.5. The molecule has 0 unspecified atom stereocenters. The average Bonchev–Trinajstić information content (AvgIpc) is 2.70. The minimum atomic E-state index is 0.796. The van der Waals surface area contributed by atoms with Gasteiger partial charge in [-0.1, -0.05) is 26.0 Å². The summed E-state index contributed by atoms with van der Waals surface area (Å²) in [5.41, 5.74) is 1.10. The van der Waals surface area contributed by atoms with Crippen molar-refractivity contribution in [1.29, 1.82) is 0 Å². The lowest BCUT2D eigenvalue weighted by Crippen LogP contribution is -2.06. The van der Waals surface area contributed by atoms with Crippen LogP contribution in [-0.2, 0) is 0 Å². The number of nitrogens with one attached hydrogen (secondary N) is 1. The van der Waals surface area contributed by atoms with Gasteiger partial charge in [-0.2, -0.15) is 0 Å². The summed E-state index contributed by atoms with van der Waals surface area (Å²) in [5.74, 6) is 0.796. The molecule has 0 bridgehead atoms. The number of benzene rings is 1. The second-order valence-electron chi connectivity index (χ2n) is 4.48. The Morgan fingerprint density at radius 1 is 1.35 bits per heavy atom. The van der Waals surface area contributed by atoms with Crippen molar-refractivity contribution in [3.8, 4) is 0 Å². The van der Waals surface area contributed by atoms with E-state index in [-0.39, 0.29) is 0 Å². The molecule has 0 radical (unpaired) electrons. The van der Waals surface area contributed by atoms with E-state index in [1.165, 1.54) is 17.5 Å². The van der Waals surface area contributed by atoms with Crippen molar-refractivity contribution in [3.63, 3.8) is 0 Å². The molecule has 0 fully saturated rings. The topological polar surface area (TPSA) is 24.9 Å². The van der Waals surface area contributed by atoms with Crippen molar-refractivity contribution >= 4 is 33.5 Å². The molecule has 17 heavy (non-hydrogen) atoms. The molecule has 0 saturated heterocycles. The number of thiazole rings is 1. The van der Waals surface area contributed by atoms with E-state index in [9.17, 15) is 0 Å². The van der Waals surface area contributed by atoms with Gasteiger partial charge in [-0.3, -0.25) is 4.72 Å². The molecular weight excluding hydrogens is 248 g/mol. The van der Waals surface area contributed by atoms with Crippen LogP contribution in [0, 0.1) is 5.92 Å². The highest BCUT2D eigenvalue weighted by molar-refractivity contribution is 7.99. The van der Waals surface area contributed by atoms with Crippen LogP contribution in [0.15, 0.2) is 28.6 Å². The highest BCUT2D eigenvalue weighted by Gasteiger charge is 2.03. The number of aromatic nitrogens is 1. The van der Waals surface area contributed by atoms with Crippen LogP contribution in [0.1, 0.15) is 26.7 Å². The van der Waals surface area contributed by atoms with E-state index in [0.29, 0.717) is 0 Å². The van der Waals surface area contributed by atoms with Crippen molar-refractivity contribution < 1.29 is 0 Å². The SMILES string of the molecule is CC(C)CCCNSc1nc2ccccc2s1. The molecule has 0 spiro atoms. The van der Waals surface area contributed by atoms with Crippen molar-refractivity contribution in [3.05, 3.63) is 24.3 Å². The van der Waals surface area contributed by atoms with Gasteiger partial charge < -0.3 is 0 Å². The lowest BCUT2D eigenvalue weighted by molar-refractivity contribution is 0.555. The van der Waals surface area contributed by atoms with E-state index in [1.54, 1.807) is 23.3 Å². The second kappa shape index (κ2) is 6.38. The van der Waals surface area contributed by atoms with Crippen LogP contribution in [-0.4, -0.2) is 11.5 Å². The Hall–Kier alpha value is -0.580. The number of para-hydroxylation sites is 1. The average molecular weight is 266 g/mol. The molecule has 0 aliphatic rings. The van der Waals surface area contributed by atoms with Crippen molar-refractivity contribution in [2.45, 2.75) is 31.0 Å². The standard InChI is InChI=1S/C13H18N2S2/c1-10(2)6-5-9-14-17-13-15-11-7-3-4-8-12(11)16-13/h3-4,7-8,10,14H,5-6,9H2,1-2H3. The van der Waals surface area contributed by atoms with Crippen LogP contribution in [0.4, 0.5) is 0 Å². The third-order valence-electron chi connectivity index (χ3n) is 2.49. The number of rotatable bonds is 6. The van der Waals surface area contributed by atoms with Gasteiger partial charge in [-0.15, -0.1) is 11.3 Å². The van der Waals surface area contributed by atoms with E-state index < -0.39 is 0 Å². The monoisotopic (exact) mass is 266 g/mol. The molecule has 1 aromatic carbocycles. The molecular formula is C13H18N2S2. The lowest BCUT2D eigenvalue weighted by atomic mass is 10.1. The summed E-state index contributed by atoms with van der Waals surface area (Å²) in [6.07, 6.45) is 2.52. The molecule has 2 nitrogen and oxygen atoms in total. The molecule has 0 aliphatic heterocycles. The minimum absolute atomic E-state index is 0.796. The zero-order valence-corrected chi connectivity index (χ0v) is 11.9. The fraction of sp³-hybridized carbons (Fsp3) is 0.462. The molecule has 2 aromatic rings. The van der Waals surface area contributed by atoms with E-state index in [4.69, 9.17) is 0 Å². The van der Waals surface area contributed by atoms with Crippen molar-refractivity contribution in [1.82, 2.24) is 9.71 Å². The van der Waals surface area contributed by atoms with Gasteiger partial charge in [-0.25, -0.2) is 4.98 Å². The molecule has 0 saturated carbocycles. The van der Waals surface area contributed by atoms with Crippen LogP contribution in [0.2, 0.25) is 0 Å². The number of hydrogen-bond donors (Lipinski definition) is 1. The molecule has 0 aliphatic carbocycles. The summed E-state index contributed by atoms with van der Waals surface area (Å²) < 4.78 is 5.75. The summed E-state index contributed by atoms with van der Waals surface area (Å²) in [4.78, 5) is 4.56. The lowest BCUT2D eigenvalue weighted by Gasteiger charge is -2.03. The van der Waals surface area contributed by atoms with Gasteiger partial charge in [0.05, 0.1) is 10.2 Å². The van der Waals surface area contributed by atoms with Crippen LogP contribution < -0.4 is 4.72 Å². The number of fused-ring (bicyclic) bond motifs is 1. The van der Waals surface area contributed by atoms with Crippen LogP contribution >= 0.6 is 23.3 Å². The second-order valence-corrected chi connectivity index (χ2v) is 6.65. The summed E-state index contributed by atoms with van der Waals surface area (Å²) in [6, 6.07) is 8.28. The Morgan fingerprint density at radius 3 is 2.94 bits per heavy atom. The molecule has 1 N–H and O–H groups in total. The van der Waals surface area contributed by atoms with E-state index in [0.717, 1.165) is 22.3 Å². The Kier molecular flexibility index (Phi) is 4.83. The summed E-state index contributed by atoms with van der Waals surface area (Å²) in [6.45, 7) is 5.58. The van der Waals surface area contributed by atoms with E-state index in [2.05, 4.69) is 41.8 Å². The highest BCUT2D eigenvalue weighted by Crippen LogP contribution is 2.27. The zero-order valence-electron chi connectivity index (χ0n) is 10.3. The largest absolute Gasteiger partial charge is 0.258 e. The van der Waals surface area contributed by atoms with Crippen LogP contribution in [0.3, 0.4) is 0 Å². The maximum atomic E-state index is 4.56. The number of nitrogens with zero attached hydrogens (tertiary/aromatic N) is 1. The third kappa shape index (κ3) is 3.98. The van der Waals surface area contributed by atoms with Gasteiger partial charge in [0.2, 0.25) is 0 Å². The first-order valence-corrected chi connectivity index (χ1v) is 7.64. The molecule has 0 amide bonds. The van der Waals surface area contributed by atoms with E-state index in [1.807, 2.05) is 6.07 Å². The molecule has 1 aromatic heterocycles. The molecule has 4 heteroatoms. The fourth-order valence-electron chi connectivity index (χ4n) is 1.59. The van der Waals surface area contributed by atoms with Gasteiger partial charge in [0.1, 0.15) is 0 Å². The Morgan fingerprint density at radius 2 is 2.18 bits per heavy atom. The van der Waals surface area contributed by atoms with Crippen molar-refractivity contribution in [2.75, 3.05) is 6.54 Å². The molecule has 0 atom stereocenters. The first-order valence-electron chi connectivity index (χ1n) is 6.01. The summed E-state index contributed by atoms with van der Waals surface area (Å²) in [5, 5.41) is 0. The van der Waals surface area contributed by atoms with Gasteiger partial charge >= 0.3 is 0 Å². The highest BCUT2D eigenvalue weighted by atomic mass is 32.2. The quantitative estimate of drug-likeness (QED) is 0.622. The molecule has 1 heterocycles. The smallest absolute Gasteiger partial charge is 0.166 e. The Bertz CT molecular complexity index is 432. The van der Waals surface area contributed by atoms with E-state index >= 15 is 0 Å². The number of hydrogen-bond acceptors (Lipinski definition) is 4. The van der Waals surface area contributed by atoms with Gasteiger partial charge in [0, 0.05) is 6.54 Å². The maximum Gasteiger partial charge on any atom is 0.166 e. The fourth-order valence-corrected chi connectivity index (χ4v) is 3.41. The van der Waals surface area contributed by atoms with Gasteiger partial charge in [0.25, 0.3) is 0 Å². The zero-order chi connectivity index (χ0) is 12.1. The van der Waals surface area contributed by atoms with Gasteiger partial charge in [0.15, 0.2) is 4.34 Å². The molecule has 2 rings (SSSR count). The first-order chi connectivity index (χ1) is 8.25. The maximum absolute atomic E-state index is 4.56. The molecule has 92 valence electrons. The first kappa shape index (κ1) is 12.9. The summed E-state index contributed by atoms with van der Waals surface area (Å²) in [7, 11) is 0. The third-order valence-corrected chi connectivity index (χ3v) is 4.44. The predicted molar refractivity (Wildman–Crippen MR) is 77.6 cm³/mol. The Balaban J connectivity index is 1.79. The minimum Gasteiger partial charge on any atom is -0.258 e. The summed E-state index contributed by atoms with van der Waals surface area (Å²) >= 11 is 3.41. The van der Waals surface area contributed by atoms with Gasteiger partial charge in [-0.05, 0) is 42.8 Å².